The van der Waals surface area contributed by atoms with Gasteiger partial charge in [-0.3, -0.25) is 0 Å². The number of para-hydroxylation sites is 2. The molecule has 1 aliphatic carbocycles. The van der Waals surface area contributed by atoms with E-state index < -0.39 is 5.92 Å². The fourth-order valence-electron chi connectivity index (χ4n) is 3.37. The fraction of sp³-hybridized carbons (Fsp3) is 0.611. The Balaban J connectivity index is 1.92. The Morgan fingerprint density at radius 1 is 1.18 bits per heavy atom. The van der Waals surface area contributed by atoms with Gasteiger partial charge in [0.1, 0.15) is 5.82 Å². The summed E-state index contributed by atoms with van der Waals surface area (Å²) in [5.74, 6) is -1.09. The topological polar surface area (TPSA) is 17.8 Å². The number of hydrogen-bond acceptors (Lipinski definition) is 1. The lowest BCUT2D eigenvalue weighted by molar-refractivity contribution is -0.0473. The van der Waals surface area contributed by atoms with Crippen LogP contribution in [0.5, 0.6) is 0 Å². The summed E-state index contributed by atoms with van der Waals surface area (Å²) in [6.07, 6.45) is 1.25. The largest absolute Gasteiger partial charge is 0.327 e. The highest BCUT2D eigenvalue weighted by molar-refractivity contribution is 5.76. The van der Waals surface area contributed by atoms with Gasteiger partial charge in [-0.2, -0.15) is 0 Å². The highest BCUT2D eigenvalue weighted by Crippen LogP contribution is 2.38. The lowest BCUT2D eigenvalue weighted by atomic mass is 9.86. The third-order valence-corrected chi connectivity index (χ3v) is 4.60. The number of hydrogen-bond donors (Lipinski definition) is 0. The third kappa shape index (κ3) is 3.01. The van der Waals surface area contributed by atoms with Crippen LogP contribution in [0.15, 0.2) is 24.3 Å². The van der Waals surface area contributed by atoms with Crippen LogP contribution in [0, 0.1) is 5.92 Å². The predicted molar refractivity (Wildman–Crippen MR) is 85.3 cm³/mol. The van der Waals surface area contributed by atoms with Gasteiger partial charge in [-0.15, -0.1) is 0 Å². The van der Waals surface area contributed by atoms with Crippen molar-refractivity contribution in [1.29, 1.82) is 0 Å². The average Bonchev–Trinajstić information content (AvgIpc) is 2.80. The van der Waals surface area contributed by atoms with Crippen molar-refractivity contribution in [2.75, 3.05) is 0 Å². The van der Waals surface area contributed by atoms with Gasteiger partial charge in [-0.25, -0.2) is 13.8 Å². The molecule has 1 heterocycles. The molecule has 120 valence electrons. The molecule has 0 aliphatic heterocycles. The molecule has 1 saturated carbocycles. The molecule has 1 aromatic carbocycles. The van der Waals surface area contributed by atoms with E-state index in [0.29, 0.717) is 18.8 Å². The molecule has 22 heavy (non-hydrogen) atoms. The van der Waals surface area contributed by atoms with E-state index in [9.17, 15) is 8.78 Å². The van der Waals surface area contributed by atoms with Crippen LogP contribution in [-0.2, 0) is 12.0 Å². The van der Waals surface area contributed by atoms with Crippen molar-refractivity contribution in [2.24, 2.45) is 5.92 Å². The quantitative estimate of drug-likeness (QED) is 0.749. The van der Waals surface area contributed by atoms with Crippen LogP contribution < -0.4 is 0 Å². The monoisotopic (exact) mass is 306 g/mol. The maximum atomic E-state index is 13.4. The molecule has 2 aromatic rings. The highest BCUT2D eigenvalue weighted by atomic mass is 19.3. The van der Waals surface area contributed by atoms with E-state index in [1.54, 1.807) is 0 Å². The van der Waals surface area contributed by atoms with Crippen molar-refractivity contribution in [3.63, 3.8) is 0 Å². The molecule has 0 spiro atoms. The van der Waals surface area contributed by atoms with Gasteiger partial charge in [0, 0.05) is 24.8 Å². The predicted octanol–water partition coefficient (Wildman–Crippen LogP) is 5.16. The van der Waals surface area contributed by atoms with E-state index in [4.69, 9.17) is 4.98 Å². The summed E-state index contributed by atoms with van der Waals surface area (Å²) in [5, 5.41) is 0. The first-order valence-corrected chi connectivity index (χ1v) is 8.10. The van der Waals surface area contributed by atoms with Gasteiger partial charge in [0.15, 0.2) is 0 Å². The number of nitrogens with zero attached hydrogens (tertiary/aromatic N) is 2. The van der Waals surface area contributed by atoms with Crippen molar-refractivity contribution in [1.82, 2.24) is 9.55 Å². The van der Waals surface area contributed by atoms with Crippen molar-refractivity contribution in [2.45, 2.75) is 64.3 Å². The van der Waals surface area contributed by atoms with E-state index in [1.165, 1.54) is 0 Å². The fourth-order valence-corrected chi connectivity index (χ4v) is 3.37. The molecule has 0 N–H and O–H groups in total. The molecule has 3 rings (SSSR count). The number of rotatable bonds is 2. The Labute approximate surface area is 130 Å². The second-order valence-electron chi connectivity index (χ2n) is 7.58. The van der Waals surface area contributed by atoms with E-state index in [1.807, 2.05) is 18.2 Å². The van der Waals surface area contributed by atoms with Crippen molar-refractivity contribution in [3.8, 4) is 0 Å². The summed E-state index contributed by atoms with van der Waals surface area (Å²) < 4.78 is 29.0. The smallest absolute Gasteiger partial charge is 0.248 e. The van der Waals surface area contributed by atoms with Crippen molar-refractivity contribution in [3.05, 3.63) is 30.1 Å². The first-order valence-electron chi connectivity index (χ1n) is 8.10. The van der Waals surface area contributed by atoms with Crippen LogP contribution in [-0.4, -0.2) is 15.5 Å². The van der Waals surface area contributed by atoms with E-state index in [2.05, 4.69) is 31.4 Å². The Kier molecular flexibility index (Phi) is 3.74. The Morgan fingerprint density at radius 3 is 2.45 bits per heavy atom. The zero-order valence-electron chi connectivity index (χ0n) is 13.6. The third-order valence-electron chi connectivity index (χ3n) is 4.60. The normalized spacial score (nSPS) is 19.7. The molecular formula is C18H24F2N2. The first-order chi connectivity index (χ1) is 10.3. The summed E-state index contributed by atoms with van der Waals surface area (Å²) in [6.45, 7) is 7.25. The van der Waals surface area contributed by atoms with Gasteiger partial charge < -0.3 is 4.57 Å². The number of halogens is 2. The zero-order chi connectivity index (χ0) is 16.0. The molecule has 2 nitrogen and oxygen atoms in total. The maximum absolute atomic E-state index is 13.4. The van der Waals surface area contributed by atoms with Gasteiger partial charge in [0.05, 0.1) is 11.0 Å². The van der Waals surface area contributed by atoms with Crippen LogP contribution in [0.4, 0.5) is 8.78 Å². The second-order valence-corrected chi connectivity index (χ2v) is 7.58. The van der Waals surface area contributed by atoms with Crippen molar-refractivity contribution < 1.29 is 8.78 Å². The standard InChI is InChI=1S/C18H24F2N2/c1-17(2,3)16-21-14-6-4-5-7-15(14)22(16)12-13-8-10-18(19,20)11-9-13/h4-7,13H,8-12H2,1-3H3. The SMILES string of the molecule is CC(C)(C)c1nc2ccccc2n1CC1CCC(F)(F)CC1. The van der Waals surface area contributed by atoms with Gasteiger partial charge in [-0.1, -0.05) is 32.9 Å². The summed E-state index contributed by atoms with van der Waals surface area (Å²) >= 11 is 0. The average molecular weight is 306 g/mol. The van der Waals surface area contributed by atoms with Crippen LogP contribution in [0.3, 0.4) is 0 Å². The molecule has 0 saturated heterocycles. The first kappa shape index (κ1) is 15.4. The number of benzene rings is 1. The second kappa shape index (κ2) is 5.32. The van der Waals surface area contributed by atoms with Gasteiger partial charge in [0.25, 0.3) is 0 Å². The maximum Gasteiger partial charge on any atom is 0.248 e. The molecule has 0 unspecified atom stereocenters. The molecule has 0 bridgehead atoms. The number of fused-ring (bicyclic) bond motifs is 1. The van der Waals surface area contributed by atoms with Gasteiger partial charge in [-0.05, 0) is 30.9 Å². The van der Waals surface area contributed by atoms with Crippen LogP contribution >= 0.6 is 0 Å². The molecular weight excluding hydrogens is 282 g/mol. The minimum atomic E-state index is -2.46. The van der Waals surface area contributed by atoms with Crippen LogP contribution in [0.1, 0.15) is 52.3 Å². The minimum Gasteiger partial charge on any atom is -0.327 e. The van der Waals surface area contributed by atoms with Gasteiger partial charge >= 0.3 is 0 Å². The molecule has 0 radical (unpaired) electrons. The Bertz CT molecular complexity index is 657. The Hall–Kier alpha value is -1.45. The zero-order valence-corrected chi connectivity index (χ0v) is 13.6. The molecule has 1 aliphatic rings. The molecule has 0 atom stereocenters. The number of alkyl halides is 2. The lowest BCUT2D eigenvalue weighted by Gasteiger charge is -2.30. The summed E-state index contributed by atoms with van der Waals surface area (Å²) in [6, 6.07) is 8.11. The summed E-state index contributed by atoms with van der Waals surface area (Å²) in [4.78, 5) is 4.79. The highest BCUT2D eigenvalue weighted by Gasteiger charge is 2.35. The van der Waals surface area contributed by atoms with Crippen LogP contribution in [0.25, 0.3) is 11.0 Å². The summed E-state index contributed by atoms with van der Waals surface area (Å²) in [7, 11) is 0. The Morgan fingerprint density at radius 2 is 1.82 bits per heavy atom. The van der Waals surface area contributed by atoms with Crippen molar-refractivity contribution >= 4 is 11.0 Å². The van der Waals surface area contributed by atoms with Gasteiger partial charge in [0.2, 0.25) is 5.92 Å². The summed E-state index contributed by atoms with van der Waals surface area (Å²) in [5.41, 5.74) is 2.05. The molecule has 1 aromatic heterocycles. The van der Waals surface area contributed by atoms with E-state index >= 15 is 0 Å². The molecule has 1 fully saturated rings. The minimum absolute atomic E-state index is 0.0230. The van der Waals surface area contributed by atoms with Crippen LogP contribution in [0.2, 0.25) is 0 Å². The number of aromatic nitrogens is 2. The lowest BCUT2D eigenvalue weighted by Crippen LogP contribution is -2.28. The molecule has 4 heteroatoms. The van der Waals surface area contributed by atoms with E-state index in [-0.39, 0.29) is 18.3 Å². The van der Waals surface area contributed by atoms with E-state index in [0.717, 1.165) is 23.4 Å². The molecule has 0 amide bonds. The number of imidazole rings is 1.